The molecule has 6 heteroatoms. The Morgan fingerprint density at radius 3 is 2.71 bits per heavy atom. The number of benzene rings is 1. The largest absolute Gasteiger partial charge is 0.378 e. The molecule has 1 saturated heterocycles. The highest BCUT2D eigenvalue weighted by Crippen LogP contribution is 2.23. The first-order chi connectivity index (χ1) is 11.6. The van der Waals surface area contributed by atoms with Crippen LogP contribution in [-0.2, 0) is 4.74 Å². The van der Waals surface area contributed by atoms with Crippen molar-refractivity contribution in [2.24, 2.45) is 0 Å². The molecule has 0 radical (unpaired) electrons. The van der Waals surface area contributed by atoms with E-state index in [0.29, 0.717) is 18.8 Å². The van der Waals surface area contributed by atoms with Crippen molar-refractivity contribution in [1.29, 1.82) is 0 Å². The number of amides is 1. The van der Waals surface area contributed by atoms with Gasteiger partial charge in [-0.15, -0.1) is 0 Å². The minimum absolute atomic E-state index is 0.118. The predicted molar refractivity (Wildman–Crippen MR) is 96.0 cm³/mol. The Hall–Kier alpha value is -2.60. The molecule has 0 spiro atoms. The first kappa shape index (κ1) is 16.3. The van der Waals surface area contributed by atoms with Crippen LogP contribution < -0.4 is 15.1 Å². The summed E-state index contributed by atoms with van der Waals surface area (Å²) < 4.78 is 5.40. The number of nitrogens with zero attached hydrogens (tertiary/aromatic N) is 3. The molecule has 2 heterocycles. The number of carbonyl (C=O) groups is 1. The van der Waals surface area contributed by atoms with Crippen molar-refractivity contribution in [3.05, 3.63) is 48.2 Å². The van der Waals surface area contributed by atoms with E-state index in [4.69, 9.17) is 4.74 Å². The molecule has 3 rings (SSSR count). The van der Waals surface area contributed by atoms with Gasteiger partial charge in [-0.2, -0.15) is 0 Å². The number of pyridine rings is 1. The Morgan fingerprint density at radius 1 is 1.21 bits per heavy atom. The molecule has 6 nitrogen and oxygen atoms in total. The van der Waals surface area contributed by atoms with E-state index in [0.717, 1.165) is 30.3 Å². The van der Waals surface area contributed by atoms with Crippen molar-refractivity contribution in [3.63, 3.8) is 0 Å². The lowest BCUT2D eigenvalue weighted by atomic mass is 10.1. The summed E-state index contributed by atoms with van der Waals surface area (Å²) in [7, 11) is 3.84. The fourth-order valence-electron chi connectivity index (χ4n) is 2.68. The number of para-hydroxylation sites is 1. The van der Waals surface area contributed by atoms with Gasteiger partial charge in [0.25, 0.3) is 5.91 Å². The van der Waals surface area contributed by atoms with Crippen LogP contribution in [0.15, 0.2) is 42.6 Å². The van der Waals surface area contributed by atoms with E-state index in [1.54, 1.807) is 12.3 Å². The quantitative estimate of drug-likeness (QED) is 0.934. The third-order valence-electron chi connectivity index (χ3n) is 3.96. The SMILES string of the molecule is CN(C)c1cc(NC(=O)c2ccccc2N2CCOCC2)ccn1. The molecule has 0 saturated carbocycles. The van der Waals surface area contributed by atoms with Gasteiger partial charge in [0.15, 0.2) is 0 Å². The maximum Gasteiger partial charge on any atom is 0.257 e. The summed E-state index contributed by atoms with van der Waals surface area (Å²) in [4.78, 5) is 21.1. The van der Waals surface area contributed by atoms with Crippen LogP contribution >= 0.6 is 0 Å². The van der Waals surface area contributed by atoms with Gasteiger partial charge < -0.3 is 19.9 Å². The maximum absolute atomic E-state index is 12.8. The zero-order valence-corrected chi connectivity index (χ0v) is 14.0. The number of ether oxygens (including phenoxy) is 1. The minimum Gasteiger partial charge on any atom is -0.378 e. The Bertz CT molecular complexity index is 712. The molecule has 1 aliphatic heterocycles. The summed E-state index contributed by atoms with van der Waals surface area (Å²) in [6.45, 7) is 2.97. The van der Waals surface area contributed by atoms with Crippen molar-refractivity contribution in [1.82, 2.24) is 4.98 Å². The third-order valence-corrected chi connectivity index (χ3v) is 3.96. The van der Waals surface area contributed by atoms with Gasteiger partial charge in [0.05, 0.1) is 18.8 Å². The molecule has 0 unspecified atom stereocenters. The van der Waals surface area contributed by atoms with Gasteiger partial charge in [-0.25, -0.2) is 4.98 Å². The van der Waals surface area contributed by atoms with Gasteiger partial charge in [0, 0.05) is 50.8 Å². The van der Waals surface area contributed by atoms with Crippen molar-refractivity contribution in [2.75, 3.05) is 55.5 Å². The van der Waals surface area contributed by atoms with E-state index >= 15 is 0 Å². The first-order valence-electron chi connectivity index (χ1n) is 8.01. The van der Waals surface area contributed by atoms with Crippen LogP contribution in [-0.4, -0.2) is 51.3 Å². The number of aromatic nitrogens is 1. The van der Waals surface area contributed by atoms with Gasteiger partial charge >= 0.3 is 0 Å². The number of rotatable bonds is 4. The second-order valence-corrected chi connectivity index (χ2v) is 5.87. The van der Waals surface area contributed by atoms with E-state index in [1.165, 1.54) is 0 Å². The number of hydrogen-bond donors (Lipinski definition) is 1. The minimum atomic E-state index is -0.118. The Morgan fingerprint density at radius 2 is 1.96 bits per heavy atom. The zero-order chi connectivity index (χ0) is 16.9. The molecule has 0 bridgehead atoms. The highest BCUT2D eigenvalue weighted by Gasteiger charge is 2.18. The molecule has 1 aromatic carbocycles. The average Bonchev–Trinajstić information content (AvgIpc) is 2.62. The highest BCUT2D eigenvalue weighted by molar-refractivity contribution is 6.08. The second-order valence-electron chi connectivity index (χ2n) is 5.87. The van der Waals surface area contributed by atoms with Crippen molar-refractivity contribution >= 4 is 23.1 Å². The molecule has 1 aromatic heterocycles. The predicted octanol–water partition coefficient (Wildman–Crippen LogP) is 2.24. The summed E-state index contributed by atoms with van der Waals surface area (Å²) in [5, 5.41) is 2.97. The molecular formula is C18H22N4O2. The van der Waals surface area contributed by atoms with E-state index in [9.17, 15) is 4.79 Å². The van der Waals surface area contributed by atoms with Crippen LogP contribution in [0.4, 0.5) is 17.2 Å². The van der Waals surface area contributed by atoms with Gasteiger partial charge in [-0.1, -0.05) is 12.1 Å². The topological polar surface area (TPSA) is 57.7 Å². The Kier molecular flexibility index (Phi) is 4.96. The number of nitrogens with one attached hydrogen (secondary N) is 1. The third kappa shape index (κ3) is 3.65. The molecular weight excluding hydrogens is 304 g/mol. The van der Waals surface area contributed by atoms with Crippen LogP contribution in [0.2, 0.25) is 0 Å². The van der Waals surface area contributed by atoms with Gasteiger partial charge in [0.2, 0.25) is 0 Å². The fraction of sp³-hybridized carbons (Fsp3) is 0.333. The van der Waals surface area contributed by atoms with Crippen LogP contribution in [0, 0.1) is 0 Å². The normalized spacial score (nSPS) is 14.3. The fourth-order valence-corrected chi connectivity index (χ4v) is 2.68. The molecule has 126 valence electrons. The van der Waals surface area contributed by atoms with Crippen LogP contribution in [0.5, 0.6) is 0 Å². The Balaban J connectivity index is 1.81. The van der Waals surface area contributed by atoms with Crippen molar-refractivity contribution in [3.8, 4) is 0 Å². The molecule has 1 fully saturated rings. The number of hydrogen-bond acceptors (Lipinski definition) is 5. The molecule has 24 heavy (non-hydrogen) atoms. The van der Waals surface area contributed by atoms with E-state index in [-0.39, 0.29) is 5.91 Å². The molecule has 0 atom stereocenters. The second kappa shape index (κ2) is 7.31. The van der Waals surface area contributed by atoms with E-state index in [1.807, 2.05) is 49.3 Å². The molecule has 1 aliphatic rings. The zero-order valence-electron chi connectivity index (χ0n) is 14.0. The monoisotopic (exact) mass is 326 g/mol. The summed E-state index contributed by atoms with van der Waals surface area (Å²) in [6, 6.07) is 11.3. The lowest BCUT2D eigenvalue weighted by molar-refractivity contribution is 0.102. The standard InChI is InChI=1S/C18H22N4O2/c1-21(2)17-13-14(7-8-19-17)20-18(23)15-5-3-4-6-16(15)22-9-11-24-12-10-22/h3-8,13H,9-12H2,1-2H3,(H,19,20,23). The van der Waals surface area contributed by atoms with E-state index < -0.39 is 0 Å². The van der Waals surface area contributed by atoms with Gasteiger partial charge in [0.1, 0.15) is 5.82 Å². The summed E-state index contributed by atoms with van der Waals surface area (Å²) in [6.07, 6.45) is 1.69. The van der Waals surface area contributed by atoms with Crippen molar-refractivity contribution in [2.45, 2.75) is 0 Å². The summed E-state index contributed by atoms with van der Waals surface area (Å²) >= 11 is 0. The average molecular weight is 326 g/mol. The number of carbonyl (C=O) groups excluding carboxylic acids is 1. The smallest absolute Gasteiger partial charge is 0.257 e. The van der Waals surface area contributed by atoms with Gasteiger partial charge in [-0.05, 0) is 18.2 Å². The lowest BCUT2D eigenvalue weighted by Crippen LogP contribution is -2.37. The lowest BCUT2D eigenvalue weighted by Gasteiger charge is -2.30. The summed E-state index contributed by atoms with van der Waals surface area (Å²) in [5.41, 5.74) is 2.35. The molecule has 2 aromatic rings. The maximum atomic E-state index is 12.8. The van der Waals surface area contributed by atoms with Gasteiger partial charge in [-0.3, -0.25) is 4.79 Å². The molecule has 1 N–H and O–H groups in total. The van der Waals surface area contributed by atoms with Crippen LogP contribution in [0.1, 0.15) is 10.4 Å². The highest BCUT2D eigenvalue weighted by atomic mass is 16.5. The summed E-state index contributed by atoms with van der Waals surface area (Å²) in [5.74, 6) is 0.683. The van der Waals surface area contributed by atoms with Crippen molar-refractivity contribution < 1.29 is 9.53 Å². The van der Waals surface area contributed by atoms with Crippen LogP contribution in [0.25, 0.3) is 0 Å². The van der Waals surface area contributed by atoms with Crippen LogP contribution in [0.3, 0.4) is 0 Å². The first-order valence-corrected chi connectivity index (χ1v) is 8.01. The molecule has 1 amide bonds. The Labute approximate surface area is 142 Å². The molecule has 0 aliphatic carbocycles. The number of morpholine rings is 1. The number of anilines is 3. The van der Waals surface area contributed by atoms with E-state index in [2.05, 4.69) is 15.2 Å².